The highest BCUT2D eigenvalue weighted by Gasteiger charge is 2.15. The number of nitrogens with zero attached hydrogens (tertiary/aromatic N) is 2. The van der Waals surface area contributed by atoms with Crippen molar-refractivity contribution in [2.24, 2.45) is 0 Å². The molecule has 0 unspecified atom stereocenters. The second-order valence-corrected chi connectivity index (χ2v) is 3.92. The number of hydrogen-bond acceptors (Lipinski definition) is 4. The first-order chi connectivity index (χ1) is 9.65. The zero-order valence-electron chi connectivity index (χ0n) is 10.6. The smallest absolute Gasteiger partial charge is 0.258 e. The fourth-order valence-electron chi connectivity index (χ4n) is 1.66. The number of hydrogen-bond donors (Lipinski definition) is 2. The minimum atomic E-state index is -0.719. The molecule has 2 N–H and O–H groups in total. The fourth-order valence-corrected chi connectivity index (χ4v) is 1.66. The van der Waals surface area contributed by atoms with E-state index in [4.69, 9.17) is 5.26 Å². The number of pyridine rings is 1. The lowest BCUT2D eigenvalue weighted by molar-refractivity contribution is 0.102. The zero-order chi connectivity index (χ0) is 14.5. The van der Waals surface area contributed by atoms with Crippen molar-refractivity contribution >= 4 is 17.4 Å². The van der Waals surface area contributed by atoms with Gasteiger partial charge in [-0.1, -0.05) is 6.07 Å². The molecule has 0 aliphatic rings. The third-order valence-corrected chi connectivity index (χ3v) is 2.62. The maximum atomic E-state index is 13.9. The van der Waals surface area contributed by atoms with Crippen molar-refractivity contribution in [1.82, 2.24) is 4.98 Å². The van der Waals surface area contributed by atoms with Gasteiger partial charge in [0.05, 0.1) is 17.2 Å². The molecule has 0 saturated carbocycles. The van der Waals surface area contributed by atoms with Crippen molar-refractivity contribution in [1.29, 1.82) is 5.26 Å². The van der Waals surface area contributed by atoms with Crippen LogP contribution in [-0.4, -0.2) is 17.9 Å². The third-order valence-electron chi connectivity index (χ3n) is 2.62. The first-order valence-electron chi connectivity index (χ1n) is 5.79. The van der Waals surface area contributed by atoms with Crippen LogP contribution in [-0.2, 0) is 0 Å². The second-order valence-electron chi connectivity index (χ2n) is 3.92. The molecule has 1 aromatic heterocycles. The maximum absolute atomic E-state index is 13.9. The second kappa shape index (κ2) is 5.80. The van der Waals surface area contributed by atoms with Crippen molar-refractivity contribution in [2.45, 2.75) is 0 Å². The van der Waals surface area contributed by atoms with Crippen LogP contribution in [0.15, 0.2) is 36.5 Å². The van der Waals surface area contributed by atoms with E-state index in [-0.39, 0.29) is 11.4 Å². The van der Waals surface area contributed by atoms with Crippen molar-refractivity contribution in [3.05, 3.63) is 53.5 Å². The van der Waals surface area contributed by atoms with Gasteiger partial charge in [0.25, 0.3) is 5.91 Å². The minimum absolute atomic E-state index is 0.00317. The van der Waals surface area contributed by atoms with Crippen molar-refractivity contribution < 1.29 is 9.18 Å². The first kappa shape index (κ1) is 13.5. The largest absolute Gasteiger partial charge is 0.371 e. The van der Waals surface area contributed by atoms with Crippen LogP contribution in [0.1, 0.15) is 15.9 Å². The molecule has 5 nitrogen and oxygen atoms in total. The Balaban J connectivity index is 2.26. The van der Waals surface area contributed by atoms with Crippen LogP contribution in [0.4, 0.5) is 15.9 Å². The van der Waals surface area contributed by atoms with Crippen LogP contribution in [0.5, 0.6) is 0 Å². The summed E-state index contributed by atoms with van der Waals surface area (Å²) < 4.78 is 13.9. The molecule has 0 bridgehead atoms. The van der Waals surface area contributed by atoms with Gasteiger partial charge in [-0.05, 0) is 24.3 Å². The zero-order valence-corrected chi connectivity index (χ0v) is 10.6. The number of anilines is 2. The van der Waals surface area contributed by atoms with E-state index in [0.717, 1.165) is 0 Å². The number of nitriles is 1. The Kier molecular flexibility index (Phi) is 3.91. The fraction of sp³-hybridized carbons (Fsp3) is 0.0714. The summed E-state index contributed by atoms with van der Waals surface area (Å²) in [4.78, 5) is 15.8. The Morgan fingerprint density at radius 3 is 2.90 bits per heavy atom. The van der Waals surface area contributed by atoms with E-state index in [9.17, 15) is 9.18 Å². The van der Waals surface area contributed by atoms with E-state index in [1.807, 2.05) is 6.07 Å². The summed E-state index contributed by atoms with van der Waals surface area (Å²) in [6.07, 6.45) is 1.34. The van der Waals surface area contributed by atoms with Gasteiger partial charge in [-0.2, -0.15) is 5.26 Å². The van der Waals surface area contributed by atoms with Gasteiger partial charge in [0.1, 0.15) is 0 Å². The number of halogens is 1. The summed E-state index contributed by atoms with van der Waals surface area (Å²) in [5.74, 6) is -1.32. The lowest BCUT2D eigenvalue weighted by Gasteiger charge is -2.08. The standard InChI is InChI=1S/C14H11FN4O/c1-17-13-12(15)11(5-6-18-13)14(20)19-10-4-2-3-9(7-10)8-16/h2-7H,1H3,(H,17,18)(H,19,20). The lowest BCUT2D eigenvalue weighted by atomic mass is 10.2. The van der Waals surface area contributed by atoms with Crippen LogP contribution in [0.25, 0.3) is 0 Å². The number of rotatable bonds is 3. The molecule has 2 rings (SSSR count). The summed E-state index contributed by atoms with van der Waals surface area (Å²) >= 11 is 0. The van der Waals surface area contributed by atoms with E-state index in [1.54, 1.807) is 18.2 Å². The van der Waals surface area contributed by atoms with Gasteiger partial charge in [-0.3, -0.25) is 4.79 Å². The highest BCUT2D eigenvalue weighted by molar-refractivity contribution is 6.04. The summed E-state index contributed by atoms with van der Waals surface area (Å²) in [7, 11) is 1.52. The SMILES string of the molecule is CNc1nccc(C(=O)Nc2cccc(C#N)c2)c1F. The molecular weight excluding hydrogens is 259 g/mol. The molecule has 20 heavy (non-hydrogen) atoms. The van der Waals surface area contributed by atoms with Crippen molar-refractivity contribution in [3.63, 3.8) is 0 Å². The highest BCUT2D eigenvalue weighted by Crippen LogP contribution is 2.17. The Morgan fingerprint density at radius 2 is 2.20 bits per heavy atom. The first-order valence-corrected chi connectivity index (χ1v) is 5.79. The van der Waals surface area contributed by atoms with Gasteiger partial charge < -0.3 is 10.6 Å². The quantitative estimate of drug-likeness (QED) is 0.897. The Labute approximate surface area is 115 Å². The van der Waals surface area contributed by atoms with Crippen LogP contribution in [0.2, 0.25) is 0 Å². The van der Waals surface area contributed by atoms with Crippen molar-refractivity contribution in [2.75, 3.05) is 17.7 Å². The minimum Gasteiger partial charge on any atom is -0.371 e. The normalized spacial score (nSPS) is 9.65. The molecule has 1 amide bonds. The highest BCUT2D eigenvalue weighted by atomic mass is 19.1. The molecule has 1 aromatic carbocycles. The van der Waals surface area contributed by atoms with Crippen LogP contribution in [0, 0.1) is 17.1 Å². The number of nitrogens with one attached hydrogen (secondary N) is 2. The molecule has 1 heterocycles. The van der Waals surface area contributed by atoms with Gasteiger partial charge in [0.15, 0.2) is 11.6 Å². The molecule has 0 radical (unpaired) electrons. The number of aromatic nitrogens is 1. The number of carbonyl (C=O) groups is 1. The molecular formula is C14H11FN4O. The summed E-state index contributed by atoms with van der Waals surface area (Å²) in [5.41, 5.74) is 0.719. The van der Waals surface area contributed by atoms with E-state index in [0.29, 0.717) is 11.3 Å². The van der Waals surface area contributed by atoms with Gasteiger partial charge in [0, 0.05) is 18.9 Å². The number of benzene rings is 1. The van der Waals surface area contributed by atoms with Crippen LogP contribution >= 0.6 is 0 Å². The molecule has 6 heteroatoms. The monoisotopic (exact) mass is 270 g/mol. The summed E-state index contributed by atoms with van der Waals surface area (Å²) in [5, 5.41) is 13.9. The van der Waals surface area contributed by atoms with Gasteiger partial charge in [0.2, 0.25) is 0 Å². The molecule has 0 atom stereocenters. The molecule has 0 fully saturated rings. The van der Waals surface area contributed by atoms with Gasteiger partial charge in [-0.15, -0.1) is 0 Å². The van der Waals surface area contributed by atoms with E-state index in [2.05, 4.69) is 15.6 Å². The van der Waals surface area contributed by atoms with Crippen LogP contribution in [0.3, 0.4) is 0 Å². The molecule has 0 aliphatic heterocycles. The topological polar surface area (TPSA) is 77.8 Å². The maximum Gasteiger partial charge on any atom is 0.258 e. The Hall–Kier alpha value is -2.94. The molecule has 2 aromatic rings. The predicted octanol–water partition coefficient (Wildman–Crippen LogP) is 2.39. The predicted molar refractivity (Wildman–Crippen MR) is 72.9 cm³/mol. The van der Waals surface area contributed by atoms with Crippen LogP contribution < -0.4 is 10.6 Å². The molecule has 0 saturated heterocycles. The third kappa shape index (κ3) is 2.72. The molecule has 0 aliphatic carbocycles. The Bertz CT molecular complexity index is 694. The number of amides is 1. The average molecular weight is 270 g/mol. The summed E-state index contributed by atoms with van der Waals surface area (Å²) in [6, 6.07) is 9.64. The Morgan fingerprint density at radius 1 is 1.40 bits per heavy atom. The van der Waals surface area contributed by atoms with E-state index in [1.165, 1.54) is 25.4 Å². The average Bonchev–Trinajstić information content (AvgIpc) is 2.47. The lowest BCUT2D eigenvalue weighted by Crippen LogP contribution is -2.15. The number of carbonyl (C=O) groups excluding carboxylic acids is 1. The van der Waals surface area contributed by atoms with Gasteiger partial charge >= 0.3 is 0 Å². The van der Waals surface area contributed by atoms with Gasteiger partial charge in [-0.25, -0.2) is 9.37 Å². The van der Waals surface area contributed by atoms with E-state index < -0.39 is 11.7 Å². The van der Waals surface area contributed by atoms with E-state index >= 15 is 0 Å². The molecule has 100 valence electrons. The molecule has 0 spiro atoms. The summed E-state index contributed by atoms with van der Waals surface area (Å²) in [6.45, 7) is 0. The van der Waals surface area contributed by atoms with Crippen molar-refractivity contribution in [3.8, 4) is 6.07 Å².